The first kappa shape index (κ1) is 15.9. The summed E-state index contributed by atoms with van der Waals surface area (Å²) in [5.41, 5.74) is 6.28. The number of carbonyl (C=O) groups is 3. The third-order valence-corrected chi connectivity index (χ3v) is 4.02. The lowest BCUT2D eigenvalue weighted by Crippen LogP contribution is -2.21. The number of hydrogen-bond acceptors (Lipinski definition) is 6. The van der Waals surface area contributed by atoms with Crippen LogP contribution in [0.4, 0.5) is 5.00 Å². The number of ether oxygens (including phenoxy) is 1. The Labute approximate surface area is 134 Å². The van der Waals surface area contributed by atoms with E-state index in [1.54, 1.807) is 11.5 Å². The summed E-state index contributed by atoms with van der Waals surface area (Å²) in [5, 5.41) is 8.20. The van der Waals surface area contributed by atoms with Gasteiger partial charge in [-0.25, -0.2) is 4.79 Å². The molecule has 0 aromatic carbocycles. The molecule has 6 nitrogen and oxygen atoms in total. The number of nitrogens with one attached hydrogen (secondary N) is 1. The molecule has 2 aromatic rings. The predicted molar refractivity (Wildman–Crippen MR) is 85.8 cm³/mol. The zero-order valence-corrected chi connectivity index (χ0v) is 12.9. The monoisotopic (exact) mass is 336 g/mol. The topological polar surface area (TPSA) is 98.5 Å². The van der Waals surface area contributed by atoms with E-state index in [1.807, 2.05) is 16.8 Å². The molecular formula is C14H12N2O4S2. The number of nitrogens with two attached hydrogens (primary N) is 1. The molecule has 2 amide bonds. The van der Waals surface area contributed by atoms with Gasteiger partial charge in [0.2, 0.25) is 0 Å². The van der Waals surface area contributed by atoms with Gasteiger partial charge in [0.05, 0.1) is 5.56 Å². The SMILES string of the molecule is NC(=O)c1ccsc1NC(=O)COC(=O)/C=C/c1ccsc1. The first-order valence-electron chi connectivity index (χ1n) is 6.10. The van der Waals surface area contributed by atoms with Crippen molar-refractivity contribution in [3.05, 3.63) is 45.5 Å². The van der Waals surface area contributed by atoms with E-state index in [2.05, 4.69) is 5.32 Å². The number of hydrogen-bond donors (Lipinski definition) is 2. The summed E-state index contributed by atoms with van der Waals surface area (Å²) in [6.45, 7) is -0.442. The van der Waals surface area contributed by atoms with Crippen molar-refractivity contribution in [2.45, 2.75) is 0 Å². The molecule has 114 valence electrons. The molecule has 0 fully saturated rings. The second kappa shape index (κ2) is 7.53. The van der Waals surface area contributed by atoms with Crippen molar-refractivity contribution in [2.24, 2.45) is 5.73 Å². The smallest absolute Gasteiger partial charge is 0.331 e. The zero-order chi connectivity index (χ0) is 15.9. The summed E-state index contributed by atoms with van der Waals surface area (Å²) in [7, 11) is 0. The van der Waals surface area contributed by atoms with Crippen LogP contribution in [0.15, 0.2) is 34.3 Å². The van der Waals surface area contributed by atoms with Gasteiger partial charge >= 0.3 is 5.97 Å². The Morgan fingerprint density at radius 3 is 2.77 bits per heavy atom. The Hall–Kier alpha value is -2.45. The van der Waals surface area contributed by atoms with Crippen molar-refractivity contribution in [2.75, 3.05) is 11.9 Å². The normalized spacial score (nSPS) is 10.5. The van der Waals surface area contributed by atoms with Crippen LogP contribution in [0.3, 0.4) is 0 Å². The lowest BCUT2D eigenvalue weighted by molar-refractivity contribution is -0.142. The van der Waals surface area contributed by atoms with Gasteiger partial charge < -0.3 is 15.8 Å². The highest BCUT2D eigenvalue weighted by Crippen LogP contribution is 2.22. The maximum Gasteiger partial charge on any atom is 0.331 e. The number of esters is 1. The number of carbonyl (C=O) groups excluding carboxylic acids is 3. The van der Waals surface area contributed by atoms with Crippen LogP contribution in [0.1, 0.15) is 15.9 Å². The van der Waals surface area contributed by atoms with E-state index in [0.717, 1.165) is 16.9 Å². The van der Waals surface area contributed by atoms with Crippen LogP contribution in [0, 0.1) is 0 Å². The molecule has 3 N–H and O–H groups in total. The summed E-state index contributed by atoms with van der Waals surface area (Å²) in [6.07, 6.45) is 2.84. The lowest BCUT2D eigenvalue weighted by Gasteiger charge is -2.04. The first-order chi connectivity index (χ1) is 10.6. The zero-order valence-electron chi connectivity index (χ0n) is 11.3. The second-order valence-corrected chi connectivity index (χ2v) is 5.77. The van der Waals surface area contributed by atoms with E-state index in [4.69, 9.17) is 10.5 Å². The summed E-state index contributed by atoms with van der Waals surface area (Å²) in [5.74, 6) is -1.79. The van der Waals surface area contributed by atoms with Gasteiger partial charge in [0, 0.05) is 6.08 Å². The van der Waals surface area contributed by atoms with Crippen LogP contribution in [-0.2, 0) is 14.3 Å². The van der Waals surface area contributed by atoms with E-state index < -0.39 is 24.4 Å². The van der Waals surface area contributed by atoms with E-state index in [-0.39, 0.29) is 5.56 Å². The maximum absolute atomic E-state index is 11.7. The van der Waals surface area contributed by atoms with Crippen LogP contribution < -0.4 is 11.1 Å². The number of thiophene rings is 2. The average molecular weight is 336 g/mol. The number of primary amides is 1. The maximum atomic E-state index is 11.7. The number of rotatable bonds is 6. The molecule has 2 rings (SSSR count). The average Bonchev–Trinajstić information content (AvgIpc) is 3.14. The minimum Gasteiger partial charge on any atom is -0.452 e. The van der Waals surface area contributed by atoms with E-state index in [0.29, 0.717) is 5.00 Å². The molecule has 0 saturated heterocycles. The van der Waals surface area contributed by atoms with Gasteiger partial charge in [0.1, 0.15) is 5.00 Å². The van der Waals surface area contributed by atoms with Crippen LogP contribution in [0.25, 0.3) is 6.08 Å². The largest absolute Gasteiger partial charge is 0.452 e. The third kappa shape index (κ3) is 4.54. The molecule has 0 saturated carbocycles. The minimum atomic E-state index is -0.632. The Balaban J connectivity index is 1.81. The first-order valence-corrected chi connectivity index (χ1v) is 7.92. The van der Waals surface area contributed by atoms with Gasteiger partial charge in [-0.05, 0) is 39.9 Å². The molecule has 0 radical (unpaired) electrons. The lowest BCUT2D eigenvalue weighted by atomic mass is 10.3. The van der Waals surface area contributed by atoms with E-state index >= 15 is 0 Å². The molecule has 22 heavy (non-hydrogen) atoms. The molecule has 8 heteroatoms. The van der Waals surface area contributed by atoms with Gasteiger partial charge in [0.25, 0.3) is 11.8 Å². The summed E-state index contributed by atoms with van der Waals surface area (Å²) < 4.78 is 4.81. The molecule has 0 aliphatic carbocycles. The van der Waals surface area contributed by atoms with Crippen LogP contribution >= 0.6 is 22.7 Å². The number of anilines is 1. The molecule has 0 aliphatic rings. The highest BCUT2D eigenvalue weighted by Gasteiger charge is 2.13. The van der Waals surface area contributed by atoms with Gasteiger partial charge in [-0.3, -0.25) is 9.59 Å². The van der Waals surface area contributed by atoms with Gasteiger partial charge in [-0.15, -0.1) is 11.3 Å². The fraction of sp³-hybridized carbons (Fsp3) is 0.0714. The second-order valence-electron chi connectivity index (χ2n) is 4.07. The third-order valence-electron chi connectivity index (χ3n) is 2.48. The van der Waals surface area contributed by atoms with Crippen LogP contribution in [0.5, 0.6) is 0 Å². The van der Waals surface area contributed by atoms with Gasteiger partial charge in [-0.1, -0.05) is 0 Å². The van der Waals surface area contributed by atoms with E-state index in [9.17, 15) is 14.4 Å². The Bertz CT molecular complexity index is 704. The highest BCUT2D eigenvalue weighted by molar-refractivity contribution is 7.14. The van der Waals surface area contributed by atoms with Crippen LogP contribution in [0.2, 0.25) is 0 Å². The molecular weight excluding hydrogens is 324 g/mol. The van der Waals surface area contributed by atoms with Crippen molar-refractivity contribution >= 4 is 51.5 Å². The molecule has 0 spiro atoms. The van der Waals surface area contributed by atoms with Crippen molar-refractivity contribution < 1.29 is 19.1 Å². The summed E-state index contributed by atoms with van der Waals surface area (Å²) >= 11 is 2.67. The Kier molecular flexibility index (Phi) is 5.45. The van der Waals surface area contributed by atoms with Crippen molar-refractivity contribution in [3.8, 4) is 0 Å². The van der Waals surface area contributed by atoms with Crippen molar-refractivity contribution in [3.63, 3.8) is 0 Å². The summed E-state index contributed by atoms with van der Waals surface area (Å²) in [4.78, 5) is 34.2. The van der Waals surface area contributed by atoms with Crippen molar-refractivity contribution in [1.29, 1.82) is 0 Å². The van der Waals surface area contributed by atoms with Crippen LogP contribution in [-0.4, -0.2) is 24.4 Å². The predicted octanol–water partition coefficient (Wildman–Crippen LogP) is 2.10. The molecule has 0 unspecified atom stereocenters. The Morgan fingerprint density at radius 1 is 1.27 bits per heavy atom. The van der Waals surface area contributed by atoms with E-state index in [1.165, 1.54) is 23.5 Å². The standard InChI is InChI=1S/C14H12N2O4S2/c15-13(19)10-4-6-22-14(10)16-11(17)7-20-12(18)2-1-9-3-5-21-8-9/h1-6,8H,7H2,(H2,15,19)(H,16,17)/b2-1+. The highest BCUT2D eigenvalue weighted by atomic mass is 32.1. The number of amides is 2. The van der Waals surface area contributed by atoms with Gasteiger partial charge in [0.15, 0.2) is 6.61 Å². The molecule has 0 atom stereocenters. The fourth-order valence-electron chi connectivity index (χ4n) is 1.48. The molecule has 2 heterocycles. The summed E-state index contributed by atoms with van der Waals surface area (Å²) in [6, 6.07) is 3.36. The van der Waals surface area contributed by atoms with Gasteiger partial charge in [-0.2, -0.15) is 11.3 Å². The minimum absolute atomic E-state index is 0.224. The van der Waals surface area contributed by atoms with Crippen molar-refractivity contribution in [1.82, 2.24) is 0 Å². The quantitative estimate of drug-likeness (QED) is 0.623. The molecule has 0 aliphatic heterocycles. The molecule has 2 aromatic heterocycles. The fourth-order valence-corrected chi connectivity index (χ4v) is 2.92. The molecule has 0 bridgehead atoms. The Morgan fingerprint density at radius 2 is 2.09 bits per heavy atom.